The lowest BCUT2D eigenvalue weighted by molar-refractivity contribution is 0.351. The Morgan fingerprint density at radius 3 is 2.33 bits per heavy atom. The molecule has 1 aliphatic heterocycles. The number of nitrogens with one attached hydrogen (secondary N) is 2. The molecule has 0 bridgehead atoms. The van der Waals surface area contributed by atoms with E-state index in [0.29, 0.717) is 0 Å². The van der Waals surface area contributed by atoms with Gasteiger partial charge in [0.05, 0.1) is 0 Å². The van der Waals surface area contributed by atoms with Crippen LogP contribution in [0.5, 0.6) is 0 Å². The highest BCUT2D eigenvalue weighted by Gasteiger charge is 2.11. The van der Waals surface area contributed by atoms with Crippen LogP contribution in [0, 0.1) is 5.92 Å². The molecule has 0 aliphatic carbocycles. The van der Waals surface area contributed by atoms with Crippen molar-refractivity contribution in [2.75, 3.05) is 26.7 Å². The van der Waals surface area contributed by atoms with E-state index in [1.165, 1.54) is 38.9 Å². The van der Waals surface area contributed by atoms with Crippen molar-refractivity contribution in [2.45, 2.75) is 33.1 Å². The predicted octanol–water partition coefficient (Wildman–Crippen LogP) is 1.62. The molecule has 74 valence electrons. The summed E-state index contributed by atoms with van der Waals surface area (Å²) in [7, 11) is 2.03. The van der Waals surface area contributed by atoms with E-state index in [-0.39, 0.29) is 0 Å². The SMILES string of the molecule is CC.CNCCC1CCNCC1. The standard InChI is InChI=1S/C8H18N2.C2H6/c1-9-5-2-8-3-6-10-7-4-8;1-2/h8-10H,2-7H2,1H3;1-2H3. The van der Waals surface area contributed by atoms with Crippen molar-refractivity contribution < 1.29 is 0 Å². The molecule has 0 amide bonds. The second kappa shape index (κ2) is 9.01. The molecule has 0 spiro atoms. The van der Waals surface area contributed by atoms with E-state index in [0.717, 1.165) is 5.92 Å². The minimum atomic E-state index is 0.980. The Morgan fingerprint density at radius 2 is 1.83 bits per heavy atom. The summed E-state index contributed by atoms with van der Waals surface area (Å²) >= 11 is 0. The van der Waals surface area contributed by atoms with Gasteiger partial charge in [0.15, 0.2) is 0 Å². The second-order valence-corrected chi connectivity index (χ2v) is 3.09. The van der Waals surface area contributed by atoms with E-state index in [4.69, 9.17) is 0 Å². The van der Waals surface area contributed by atoms with Crippen molar-refractivity contribution >= 4 is 0 Å². The van der Waals surface area contributed by atoms with Crippen LogP contribution in [0.25, 0.3) is 0 Å². The van der Waals surface area contributed by atoms with Crippen LogP contribution < -0.4 is 10.6 Å². The first-order chi connectivity index (χ1) is 5.93. The molecule has 1 heterocycles. The summed E-state index contributed by atoms with van der Waals surface area (Å²) in [6, 6.07) is 0. The highest BCUT2D eigenvalue weighted by Crippen LogP contribution is 2.14. The summed E-state index contributed by atoms with van der Waals surface area (Å²) < 4.78 is 0. The van der Waals surface area contributed by atoms with Crippen LogP contribution in [-0.2, 0) is 0 Å². The molecule has 0 saturated carbocycles. The van der Waals surface area contributed by atoms with Crippen molar-refractivity contribution in [1.29, 1.82) is 0 Å². The Morgan fingerprint density at radius 1 is 1.25 bits per heavy atom. The lowest BCUT2D eigenvalue weighted by Gasteiger charge is -2.22. The van der Waals surface area contributed by atoms with Gasteiger partial charge in [0, 0.05) is 0 Å². The summed E-state index contributed by atoms with van der Waals surface area (Å²) in [5.41, 5.74) is 0. The molecule has 12 heavy (non-hydrogen) atoms. The van der Waals surface area contributed by atoms with Gasteiger partial charge < -0.3 is 10.6 Å². The molecular formula is C10H24N2. The summed E-state index contributed by atoms with van der Waals surface area (Å²) in [5, 5.41) is 6.57. The Bertz CT molecular complexity index is 77.9. The van der Waals surface area contributed by atoms with Gasteiger partial charge in [-0.25, -0.2) is 0 Å². The van der Waals surface area contributed by atoms with Crippen LogP contribution in [0.15, 0.2) is 0 Å². The van der Waals surface area contributed by atoms with Crippen molar-refractivity contribution in [3.63, 3.8) is 0 Å². The first kappa shape index (κ1) is 11.9. The highest BCUT2D eigenvalue weighted by atomic mass is 14.9. The molecule has 1 saturated heterocycles. The molecule has 2 N–H and O–H groups in total. The summed E-state index contributed by atoms with van der Waals surface area (Å²) in [5.74, 6) is 0.980. The van der Waals surface area contributed by atoms with Crippen LogP contribution >= 0.6 is 0 Å². The number of rotatable bonds is 3. The first-order valence-corrected chi connectivity index (χ1v) is 5.29. The fourth-order valence-corrected chi connectivity index (χ4v) is 1.52. The van der Waals surface area contributed by atoms with Crippen LogP contribution in [0.2, 0.25) is 0 Å². The third-order valence-corrected chi connectivity index (χ3v) is 2.26. The molecule has 1 rings (SSSR count). The van der Waals surface area contributed by atoms with Gasteiger partial charge in [0.2, 0.25) is 0 Å². The van der Waals surface area contributed by atoms with Gasteiger partial charge in [-0.05, 0) is 51.9 Å². The fourth-order valence-electron chi connectivity index (χ4n) is 1.52. The zero-order valence-electron chi connectivity index (χ0n) is 8.82. The Balaban J connectivity index is 0.000000561. The molecule has 0 atom stereocenters. The predicted molar refractivity (Wildman–Crippen MR) is 55.5 cm³/mol. The fraction of sp³-hybridized carbons (Fsp3) is 1.00. The molecule has 2 heteroatoms. The van der Waals surface area contributed by atoms with E-state index in [1.54, 1.807) is 0 Å². The molecule has 0 aromatic rings. The normalized spacial score (nSPS) is 18.2. The topological polar surface area (TPSA) is 24.1 Å². The second-order valence-electron chi connectivity index (χ2n) is 3.09. The van der Waals surface area contributed by atoms with E-state index in [1.807, 2.05) is 20.9 Å². The third kappa shape index (κ3) is 5.56. The Kier molecular flexibility index (Phi) is 8.95. The average molecular weight is 172 g/mol. The molecule has 2 nitrogen and oxygen atoms in total. The van der Waals surface area contributed by atoms with Gasteiger partial charge in [-0.3, -0.25) is 0 Å². The summed E-state index contributed by atoms with van der Waals surface area (Å²) in [6.07, 6.45) is 4.11. The van der Waals surface area contributed by atoms with Gasteiger partial charge in [-0.1, -0.05) is 13.8 Å². The zero-order valence-corrected chi connectivity index (χ0v) is 8.82. The maximum absolute atomic E-state index is 3.37. The van der Waals surface area contributed by atoms with Gasteiger partial charge in [-0.2, -0.15) is 0 Å². The van der Waals surface area contributed by atoms with Crippen LogP contribution in [0.4, 0.5) is 0 Å². The number of hydrogen-bond acceptors (Lipinski definition) is 2. The van der Waals surface area contributed by atoms with Gasteiger partial charge in [-0.15, -0.1) is 0 Å². The van der Waals surface area contributed by atoms with E-state index in [9.17, 15) is 0 Å². The van der Waals surface area contributed by atoms with Gasteiger partial charge in [0.25, 0.3) is 0 Å². The molecule has 0 aromatic heterocycles. The van der Waals surface area contributed by atoms with E-state index >= 15 is 0 Å². The van der Waals surface area contributed by atoms with E-state index in [2.05, 4.69) is 10.6 Å². The zero-order chi connectivity index (χ0) is 9.23. The quantitative estimate of drug-likeness (QED) is 0.676. The first-order valence-electron chi connectivity index (χ1n) is 5.29. The molecule has 0 aromatic carbocycles. The number of hydrogen-bond donors (Lipinski definition) is 2. The smallest absolute Gasteiger partial charge is 0.00463 e. The van der Waals surface area contributed by atoms with E-state index < -0.39 is 0 Å². The number of piperidine rings is 1. The lowest BCUT2D eigenvalue weighted by atomic mass is 9.95. The molecule has 1 aliphatic rings. The van der Waals surface area contributed by atoms with Gasteiger partial charge in [0.1, 0.15) is 0 Å². The minimum absolute atomic E-state index is 0.980. The van der Waals surface area contributed by atoms with Crippen LogP contribution in [0.1, 0.15) is 33.1 Å². The van der Waals surface area contributed by atoms with Crippen molar-refractivity contribution in [3.05, 3.63) is 0 Å². The Hall–Kier alpha value is -0.0800. The third-order valence-electron chi connectivity index (χ3n) is 2.26. The maximum atomic E-state index is 3.37. The minimum Gasteiger partial charge on any atom is -0.320 e. The van der Waals surface area contributed by atoms with Crippen molar-refractivity contribution in [1.82, 2.24) is 10.6 Å². The molecule has 0 radical (unpaired) electrons. The Labute approximate surface area is 77.1 Å². The molecular weight excluding hydrogens is 148 g/mol. The average Bonchev–Trinajstić information content (AvgIpc) is 2.19. The van der Waals surface area contributed by atoms with Crippen molar-refractivity contribution in [2.24, 2.45) is 5.92 Å². The monoisotopic (exact) mass is 172 g/mol. The van der Waals surface area contributed by atoms with Crippen LogP contribution in [-0.4, -0.2) is 26.7 Å². The van der Waals surface area contributed by atoms with Crippen molar-refractivity contribution in [3.8, 4) is 0 Å². The van der Waals surface area contributed by atoms with Gasteiger partial charge >= 0.3 is 0 Å². The maximum Gasteiger partial charge on any atom is -0.00463 e. The molecule has 0 unspecified atom stereocenters. The molecule has 1 fully saturated rings. The highest BCUT2D eigenvalue weighted by molar-refractivity contribution is 4.68. The largest absolute Gasteiger partial charge is 0.320 e. The summed E-state index contributed by atoms with van der Waals surface area (Å²) in [4.78, 5) is 0. The van der Waals surface area contributed by atoms with Crippen LogP contribution in [0.3, 0.4) is 0 Å². The summed E-state index contributed by atoms with van der Waals surface area (Å²) in [6.45, 7) is 7.65. The lowest BCUT2D eigenvalue weighted by Crippen LogP contribution is -2.29.